The first-order chi connectivity index (χ1) is 13.6. The normalized spacial score (nSPS) is 15.8. The second-order valence-electron chi connectivity index (χ2n) is 7.53. The molecule has 3 rings (SSSR count). The van der Waals surface area contributed by atoms with Gasteiger partial charge in [-0.05, 0) is 45.3 Å². The van der Waals surface area contributed by atoms with E-state index in [2.05, 4.69) is 64.9 Å². The van der Waals surface area contributed by atoms with E-state index in [4.69, 9.17) is 0 Å². The van der Waals surface area contributed by atoms with E-state index >= 15 is 0 Å². The SMILES string of the molecule is CCC(c1nnc(SCC(=O)N2CCCCC2)n1Cc1ccccc1)N(C)C. The third kappa shape index (κ3) is 5.14. The van der Waals surface area contributed by atoms with Crippen molar-refractivity contribution in [2.45, 2.75) is 50.4 Å². The van der Waals surface area contributed by atoms with Crippen LogP contribution in [-0.2, 0) is 11.3 Å². The van der Waals surface area contributed by atoms with Crippen LogP contribution in [-0.4, -0.2) is 63.4 Å². The quantitative estimate of drug-likeness (QED) is 0.634. The van der Waals surface area contributed by atoms with Crippen molar-refractivity contribution in [3.63, 3.8) is 0 Å². The number of hydrogen-bond donors (Lipinski definition) is 0. The molecule has 1 atom stereocenters. The monoisotopic (exact) mass is 401 g/mol. The number of benzene rings is 1. The lowest BCUT2D eigenvalue weighted by Crippen LogP contribution is -2.36. The van der Waals surface area contributed by atoms with Crippen molar-refractivity contribution in [2.75, 3.05) is 32.9 Å². The Hall–Kier alpha value is -1.86. The number of aromatic nitrogens is 3. The molecule has 7 heteroatoms. The molecule has 0 N–H and O–H groups in total. The Labute approximate surface area is 172 Å². The molecule has 0 saturated carbocycles. The van der Waals surface area contributed by atoms with Crippen molar-refractivity contribution in [2.24, 2.45) is 0 Å². The van der Waals surface area contributed by atoms with Gasteiger partial charge in [-0.1, -0.05) is 49.0 Å². The van der Waals surface area contributed by atoms with Gasteiger partial charge in [-0.3, -0.25) is 9.69 Å². The molecule has 0 aliphatic carbocycles. The third-order valence-electron chi connectivity index (χ3n) is 5.27. The number of amides is 1. The molecule has 1 aromatic carbocycles. The molecule has 1 saturated heterocycles. The van der Waals surface area contributed by atoms with Gasteiger partial charge in [0.2, 0.25) is 5.91 Å². The summed E-state index contributed by atoms with van der Waals surface area (Å²) in [7, 11) is 4.14. The summed E-state index contributed by atoms with van der Waals surface area (Å²) in [5, 5.41) is 9.80. The highest BCUT2D eigenvalue weighted by atomic mass is 32.2. The van der Waals surface area contributed by atoms with Gasteiger partial charge in [0.25, 0.3) is 0 Å². The maximum absolute atomic E-state index is 12.6. The lowest BCUT2D eigenvalue weighted by molar-refractivity contribution is -0.129. The summed E-state index contributed by atoms with van der Waals surface area (Å²) in [4.78, 5) is 16.8. The van der Waals surface area contributed by atoms with Crippen molar-refractivity contribution in [1.82, 2.24) is 24.6 Å². The zero-order valence-corrected chi connectivity index (χ0v) is 18.0. The molecular weight excluding hydrogens is 370 g/mol. The van der Waals surface area contributed by atoms with Gasteiger partial charge in [0.15, 0.2) is 11.0 Å². The molecule has 2 heterocycles. The number of likely N-dealkylation sites (tertiary alicyclic amines) is 1. The highest BCUT2D eigenvalue weighted by Crippen LogP contribution is 2.26. The Morgan fingerprint density at radius 1 is 1.14 bits per heavy atom. The molecule has 1 fully saturated rings. The first-order valence-corrected chi connectivity index (χ1v) is 11.1. The first-order valence-electron chi connectivity index (χ1n) is 10.1. The van der Waals surface area contributed by atoms with Crippen molar-refractivity contribution < 1.29 is 4.79 Å². The molecule has 1 aromatic heterocycles. The number of piperidine rings is 1. The van der Waals surface area contributed by atoms with Crippen molar-refractivity contribution in [3.05, 3.63) is 41.7 Å². The fourth-order valence-corrected chi connectivity index (χ4v) is 4.56. The Bertz CT molecular complexity index is 755. The second kappa shape index (κ2) is 10.1. The highest BCUT2D eigenvalue weighted by molar-refractivity contribution is 7.99. The molecule has 0 spiro atoms. The van der Waals surface area contributed by atoms with Crippen molar-refractivity contribution in [3.8, 4) is 0 Å². The lowest BCUT2D eigenvalue weighted by atomic mass is 10.1. The topological polar surface area (TPSA) is 54.3 Å². The predicted molar refractivity (Wildman–Crippen MR) is 113 cm³/mol. The summed E-state index contributed by atoms with van der Waals surface area (Å²) in [5.74, 6) is 1.59. The Morgan fingerprint density at radius 3 is 2.50 bits per heavy atom. The van der Waals surface area contributed by atoms with Gasteiger partial charge < -0.3 is 9.47 Å². The van der Waals surface area contributed by atoms with Crippen LogP contribution in [0.15, 0.2) is 35.5 Å². The van der Waals surface area contributed by atoms with E-state index in [-0.39, 0.29) is 11.9 Å². The van der Waals surface area contributed by atoms with Gasteiger partial charge in [-0.2, -0.15) is 0 Å². The van der Waals surface area contributed by atoms with Gasteiger partial charge in [-0.15, -0.1) is 10.2 Å². The van der Waals surface area contributed by atoms with Crippen LogP contribution in [0.3, 0.4) is 0 Å². The van der Waals surface area contributed by atoms with Crippen LogP contribution in [0.4, 0.5) is 0 Å². The number of thioether (sulfide) groups is 1. The van der Waals surface area contributed by atoms with E-state index in [1.54, 1.807) is 0 Å². The van der Waals surface area contributed by atoms with E-state index in [1.807, 2.05) is 11.0 Å². The number of carbonyl (C=O) groups is 1. The van der Waals surface area contributed by atoms with Crippen LogP contribution in [0.1, 0.15) is 50.0 Å². The van der Waals surface area contributed by atoms with Gasteiger partial charge in [-0.25, -0.2) is 0 Å². The molecule has 2 aromatic rings. The van der Waals surface area contributed by atoms with Gasteiger partial charge in [0.05, 0.1) is 18.3 Å². The lowest BCUT2D eigenvalue weighted by Gasteiger charge is -2.26. The van der Waals surface area contributed by atoms with Crippen LogP contribution in [0.2, 0.25) is 0 Å². The fourth-order valence-electron chi connectivity index (χ4n) is 3.71. The molecule has 28 heavy (non-hydrogen) atoms. The van der Waals surface area contributed by atoms with Crippen LogP contribution in [0.5, 0.6) is 0 Å². The Kier molecular flexibility index (Phi) is 7.50. The first kappa shape index (κ1) is 20.9. The molecule has 1 amide bonds. The van der Waals surface area contributed by atoms with E-state index in [0.717, 1.165) is 43.3 Å². The Morgan fingerprint density at radius 2 is 1.86 bits per heavy atom. The smallest absolute Gasteiger partial charge is 0.233 e. The van der Waals surface area contributed by atoms with E-state index in [9.17, 15) is 4.79 Å². The number of hydrogen-bond acceptors (Lipinski definition) is 5. The molecule has 1 aliphatic rings. The minimum Gasteiger partial charge on any atom is -0.342 e. The Balaban J connectivity index is 1.79. The summed E-state index contributed by atoms with van der Waals surface area (Å²) in [6.07, 6.45) is 4.42. The zero-order chi connectivity index (χ0) is 19.9. The maximum Gasteiger partial charge on any atom is 0.233 e. The van der Waals surface area contributed by atoms with Crippen molar-refractivity contribution >= 4 is 17.7 Å². The van der Waals surface area contributed by atoms with Crippen molar-refractivity contribution in [1.29, 1.82) is 0 Å². The van der Waals surface area contributed by atoms with Gasteiger partial charge in [0, 0.05) is 13.1 Å². The summed E-state index contributed by atoms with van der Waals surface area (Å²) in [6.45, 7) is 4.66. The third-order valence-corrected chi connectivity index (χ3v) is 6.22. The van der Waals surface area contributed by atoms with Gasteiger partial charge in [0.1, 0.15) is 0 Å². The van der Waals surface area contributed by atoms with Crippen LogP contribution < -0.4 is 0 Å². The average Bonchev–Trinajstić information content (AvgIpc) is 3.10. The molecule has 152 valence electrons. The highest BCUT2D eigenvalue weighted by Gasteiger charge is 2.23. The molecule has 0 bridgehead atoms. The van der Waals surface area contributed by atoms with E-state index in [0.29, 0.717) is 12.3 Å². The average molecular weight is 402 g/mol. The van der Waals surface area contributed by atoms with E-state index < -0.39 is 0 Å². The molecule has 6 nitrogen and oxygen atoms in total. The summed E-state index contributed by atoms with van der Waals surface area (Å²) < 4.78 is 2.18. The minimum absolute atomic E-state index is 0.198. The summed E-state index contributed by atoms with van der Waals surface area (Å²) >= 11 is 1.51. The molecule has 0 radical (unpaired) electrons. The van der Waals surface area contributed by atoms with E-state index in [1.165, 1.54) is 23.7 Å². The number of nitrogens with zero attached hydrogens (tertiary/aromatic N) is 5. The fraction of sp³-hybridized carbons (Fsp3) is 0.571. The molecular formula is C21H31N5OS. The standard InChI is InChI=1S/C21H31N5OS/c1-4-18(24(2)3)20-22-23-21(26(20)15-17-11-7-5-8-12-17)28-16-19(27)25-13-9-6-10-14-25/h5,7-8,11-12,18H,4,6,9-10,13-16H2,1-3H3. The molecule has 1 aliphatic heterocycles. The number of carbonyl (C=O) groups excluding carboxylic acids is 1. The predicted octanol–water partition coefficient (Wildman–Crippen LogP) is 3.44. The molecule has 1 unspecified atom stereocenters. The summed E-state index contributed by atoms with van der Waals surface area (Å²) in [6, 6.07) is 10.6. The van der Waals surface area contributed by atoms with Crippen LogP contribution >= 0.6 is 11.8 Å². The minimum atomic E-state index is 0.198. The number of rotatable bonds is 8. The van der Waals surface area contributed by atoms with Crippen LogP contribution in [0, 0.1) is 0 Å². The summed E-state index contributed by atoms with van der Waals surface area (Å²) in [5.41, 5.74) is 1.21. The largest absolute Gasteiger partial charge is 0.342 e. The maximum atomic E-state index is 12.6. The second-order valence-corrected chi connectivity index (χ2v) is 8.47. The van der Waals surface area contributed by atoms with Gasteiger partial charge >= 0.3 is 0 Å². The zero-order valence-electron chi connectivity index (χ0n) is 17.2. The van der Waals surface area contributed by atoms with Crippen LogP contribution in [0.25, 0.3) is 0 Å².